The van der Waals surface area contributed by atoms with Gasteiger partial charge in [-0.2, -0.15) is 5.10 Å². The lowest BCUT2D eigenvalue weighted by atomic mass is 10.1. The third kappa shape index (κ3) is 4.13. The van der Waals surface area contributed by atoms with Gasteiger partial charge in [-0.15, -0.1) is 0 Å². The highest BCUT2D eigenvalue weighted by Gasteiger charge is 2.10. The Morgan fingerprint density at radius 3 is 2.65 bits per heavy atom. The van der Waals surface area contributed by atoms with Gasteiger partial charge < -0.3 is 10.1 Å². The van der Waals surface area contributed by atoms with Gasteiger partial charge in [-0.25, -0.2) is 4.68 Å². The second-order valence-corrected chi connectivity index (χ2v) is 5.55. The highest BCUT2D eigenvalue weighted by molar-refractivity contribution is 5.75. The zero-order valence-electron chi connectivity index (χ0n) is 14.3. The fraction of sp³-hybridized carbons (Fsp3) is 0.158. The molecule has 7 nitrogen and oxygen atoms in total. The molecule has 0 atom stereocenters. The highest BCUT2D eigenvalue weighted by Crippen LogP contribution is 2.26. The van der Waals surface area contributed by atoms with Crippen molar-refractivity contribution in [2.24, 2.45) is 0 Å². The number of carbonyl (C=O) groups is 1. The molecule has 1 N–H and O–H groups in total. The van der Waals surface area contributed by atoms with Crippen LogP contribution in [-0.4, -0.2) is 27.8 Å². The molecule has 3 aromatic rings. The minimum atomic E-state index is -0.345. The molecule has 0 bridgehead atoms. The molecule has 0 spiro atoms. The average molecular weight is 350 g/mol. The van der Waals surface area contributed by atoms with Crippen LogP contribution in [0.5, 0.6) is 5.75 Å². The highest BCUT2D eigenvalue weighted by atomic mass is 16.5. The zero-order valence-corrected chi connectivity index (χ0v) is 14.3. The first-order valence-electron chi connectivity index (χ1n) is 8.04. The molecular formula is C19H18N4O3. The van der Waals surface area contributed by atoms with Gasteiger partial charge in [0.2, 0.25) is 5.91 Å². The lowest BCUT2D eigenvalue weighted by Crippen LogP contribution is -2.33. The summed E-state index contributed by atoms with van der Waals surface area (Å²) in [5.74, 6) is 0.348. The molecule has 0 aliphatic heterocycles. The van der Waals surface area contributed by atoms with Crippen LogP contribution in [0.4, 0.5) is 0 Å². The number of rotatable bonds is 6. The van der Waals surface area contributed by atoms with Crippen LogP contribution in [0.25, 0.3) is 11.3 Å². The number of para-hydroxylation sites is 1. The number of pyridine rings is 1. The maximum atomic E-state index is 12.2. The van der Waals surface area contributed by atoms with Crippen molar-refractivity contribution in [1.29, 1.82) is 0 Å². The van der Waals surface area contributed by atoms with Gasteiger partial charge >= 0.3 is 0 Å². The summed E-state index contributed by atoms with van der Waals surface area (Å²) < 4.78 is 6.47. The Bertz CT molecular complexity index is 954. The summed E-state index contributed by atoms with van der Waals surface area (Å²) in [5, 5.41) is 7.06. The average Bonchev–Trinajstić information content (AvgIpc) is 2.69. The van der Waals surface area contributed by atoms with E-state index >= 15 is 0 Å². The van der Waals surface area contributed by atoms with Gasteiger partial charge in [0.1, 0.15) is 12.3 Å². The number of amides is 1. The molecule has 1 aromatic carbocycles. The lowest BCUT2D eigenvalue weighted by molar-refractivity contribution is -0.122. The summed E-state index contributed by atoms with van der Waals surface area (Å²) in [6, 6.07) is 14.0. The maximum Gasteiger partial charge on any atom is 0.267 e. The zero-order chi connectivity index (χ0) is 18.4. The number of nitrogens with one attached hydrogen (secondary N) is 1. The SMILES string of the molecule is COc1ccccc1-c1ccc(=O)n(CC(=O)NCc2ccncc2)n1. The van der Waals surface area contributed by atoms with Crippen LogP contribution in [0.1, 0.15) is 5.56 Å². The Morgan fingerprint density at radius 2 is 1.88 bits per heavy atom. The molecule has 2 aromatic heterocycles. The number of hydrogen-bond acceptors (Lipinski definition) is 5. The summed E-state index contributed by atoms with van der Waals surface area (Å²) in [5.41, 5.74) is 1.89. The van der Waals surface area contributed by atoms with E-state index in [9.17, 15) is 9.59 Å². The van der Waals surface area contributed by atoms with Gasteiger partial charge in [-0.1, -0.05) is 12.1 Å². The van der Waals surface area contributed by atoms with Gasteiger partial charge in [0.05, 0.1) is 12.8 Å². The molecule has 0 aliphatic rings. The second-order valence-electron chi connectivity index (χ2n) is 5.55. The first kappa shape index (κ1) is 17.3. The molecule has 0 unspecified atom stereocenters. The number of ether oxygens (including phenoxy) is 1. The number of carbonyl (C=O) groups excluding carboxylic acids is 1. The van der Waals surface area contributed by atoms with E-state index < -0.39 is 0 Å². The van der Waals surface area contributed by atoms with Crippen molar-refractivity contribution in [2.45, 2.75) is 13.1 Å². The van der Waals surface area contributed by atoms with Gasteiger partial charge in [-0.3, -0.25) is 14.6 Å². The summed E-state index contributed by atoms with van der Waals surface area (Å²) in [7, 11) is 1.57. The first-order valence-corrected chi connectivity index (χ1v) is 8.04. The minimum Gasteiger partial charge on any atom is -0.496 e. The minimum absolute atomic E-state index is 0.160. The smallest absolute Gasteiger partial charge is 0.267 e. The molecule has 3 rings (SSSR count). The number of benzene rings is 1. The van der Waals surface area contributed by atoms with E-state index in [-0.39, 0.29) is 18.0 Å². The van der Waals surface area contributed by atoms with Crippen molar-refractivity contribution < 1.29 is 9.53 Å². The van der Waals surface area contributed by atoms with Gasteiger partial charge in [-0.05, 0) is 35.9 Å². The predicted octanol–water partition coefficient (Wildman–Crippen LogP) is 1.63. The molecule has 132 valence electrons. The van der Waals surface area contributed by atoms with Crippen molar-refractivity contribution in [3.05, 3.63) is 76.8 Å². The normalized spacial score (nSPS) is 10.3. The van der Waals surface area contributed by atoms with Gasteiger partial charge in [0, 0.05) is 30.6 Å². The topological polar surface area (TPSA) is 86.1 Å². The second kappa shape index (κ2) is 8.06. The fourth-order valence-electron chi connectivity index (χ4n) is 2.46. The Morgan fingerprint density at radius 1 is 1.12 bits per heavy atom. The summed E-state index contributed by atoms with van der Waals surface area (Å²) in [4.78, 5) is 28.1. The van der Waals surface area contributed by atoms with Crippen LogP contribution in [0.15, 0.2) is 65.7 Å². The van der Waals surface area contributed by atoms with E-state index in [0.29, 0.717) is 18.0 Å². The number of aromatic nitrogens is 3. The Hall–Kier alpha value is -3.48. The quantitative estimate of drug-likeness (QED) is 0.730. The van der Waals surface area contributed by atoms with Crippen LogP contribution < -0.4 is 15.6 Å². The van der Waals surface area contributed by atoms with Gasteiger partial charge in [0.25, 0.3) is 5.56 Å². The first-order chi connectivity index (χ1) is 12.7. The van der Waals surface area contributed by atoms with Crippen molar-refractivity contribution in [3.63, 3.8) is 0 Å². The predicted molar refractivity (Wildman–Crippen MR) is 96.6 cm³/mol. The van der Waals surface area contributed by atoms with E-state index in [2.05, 4.69) is 15.4 Å². The molecule has 7 heteroatoms. The third-order valence-electron chi connectivity index (χ3n) is 3.78. The molecule has 0 saturated heterocycles. The summed E-state index contributed by atoms with van der Waals surface area (Å²) >= 11 is 0. The van der Waals surface area contributed by atoms with Gasteiger partial charge in [0.15, 0.2) is 0 Å². The largest absolute Gasteiger partial charge is 0.496 e. The van der Waals surface area contributed by atoms with E-state index in [1.165, 1.54) is 6.07 Å². The van der Waals surface area contributed by atoms with Crippen LogP contribution in [0, 0.1) is 0 Å². The monoisotopic (exact) mass is 350 g/mol. The molecule has 0 saturated carbocycles. The number of hydrogen-bond donors (Lipinski definition) is 1. The van der Waals surface area contributed by atoms with Crippen LogP contribution in [0.2, 0.25) is 0 Å². The van der Waals surface area contributed by atoms with Crippen LogP contribution >= 0.6 is 0 Å². The number of methoxy groups -OCH3 is 1. The van der Waals surface area contributed by atoms with Crippen molar-refractivity contribution in [2.75, 3.05) is 7.11 Å². The van der Waals surface area contributed by atoms with E-state index in [1.807, 2.05) is 36.4 Å². The molecule has 1 amide bonds. The van der Waals surface area contributed by atoms with Crippen molar-refractivity contribution >= 4 is 5.91 Å². The van der Waals surface area contributed by atoms with Crippen LogP contribution in [0.3, 0.4) is 0 Å². The number of nitrogens with zero attached hydrogens (tertiary/aromatic N) is 3. The molecule has 26 heavy (non-hydrogen) atoms. The fourth-order valence-corrected chi connectivity index (χ4v) is 2.46. The van der Waals surface area contributed by atoms with E-state index in [1.54, 1.807) is 25.6 Å². The summed E-state index contributed by atoms with van der Waals surface area (Å²) in [6.07, 6.45) is 3.31. The molecular weight excluding hydrogens is 332 g/mol. The molecule has 0 aliphatic carbocycles. The molecule has 0 radical (unpaired) electrons. The molecule has 2 heterocycles. The van der Waals surface area contributed by atoms with Crippen molar-refractivity contribution in [3.8, 4) is 17.0 Å². The molecule has 0 fully saturated rings. The maximum absolute atomic E-state index is 12.2. The lowest BCUT2D eigenvalue weighted by Gasteiger charge is -2.10. The Balaban J connectivity index is 1.76. The van der Waals surface area contributed by atoms with E-state index in [4.69, 9.17) is 4.74 Å². The third-order valence-corrected chi connectivity index (χ3v) is 3.78. The van der Waals surface area contributed by atoms with Crippen molar-refractivity contribution in [1.82, 2.24) is 20.1 Å². The van der Waals surface area contributed by atoms with E-state index in [0.717, 1.165) is 15.8 Å². The van der Waals surface area contributed by atoms with Crippen LogP contribution in [-0.2, 0) is 17.9 Å². The Kier molecular flexibility index (Phi) is 5.38. The standard InChI is InChI=1S/C19H18N4O3/c1-26-17-5-3-2-4-15(17)16-6-7-19(25)23(22-16)13-18(24)21-12-14-8-10-20-11-9-14/h2-11H,12-13H2,1H3,(H,21,24). The Labute approximate surface area is 150 Å². The summed E-state index contributed by atoms with van der Waals surface area (Å²) in [6.45, 7) is 0.204.